The van der Waals surface area contributed by atoms with Crippen LogP contribution in [0.1, 0.15) is 56.9 Å². The lowest BCUT2D eigenvalue weighted by Crippen LogP contribution is -3.00. The monoisotopic (exact) mass is 391 g/mol. The molecule has 1 aliphatic heterocycles. The Kier molecular flexibility index (Phi) is 5.34. The molecular weight excluding hydrogens is 365 g/mol. The third-order valence-electron chi connectivity index (χ3n) is 5.58. The molecule has 1 aromatic heterocycles. The van der Waals surface area contributed by atoms with Gasteiger partial charge in [0.05, 0.1) is 20.1 Å². The number of halogens is 1. The molecule has 0 atom stereocenters. The van der Waals surface area contributed by atoms with Crippen LogP contribution < -0.4 is 24.0 Å². The summed E-state index contributed by atoms with van der Waals surface area (Å²) in [6, 6.07) is 2.41. The molecule has 1 aliphatic carbocycles. The van der Waals surface area contributed by atoms with Crippen molar-refractivity contribution in [1.29, 1.82) is 0 Å². The van der Waals surface area contributed by atoms with Crippen molar-refractivity contribution in [3.63, 3.8) is 0 Å². The number of thiophene rings is 1. The summed E-state index contributed by atoms with van der Waals surface area (Å²) in [6.45, 7) is 2.80. The first-order chi connectivity index (χ1) is 8.77. The number of rotatable bonds is 2. The molecule has 0 spiro atoms. The Morgan fingerprint density at radius 2 is 1.63 bits per heavy atom. The maximum atomic E-state index is 2.54. The van der Waals surface area contributed by atoms with E-state index in [0.29, 0.717) is 5.54 Å². The Hall–Kier alpha value is 0.390. The highest BCUT2D eigenvalue weighted by molar-refractivity contribution is 7.08. The molecular formula is C16H26INS. The van der Waals surface area contributed by atoms with Crippen molar-refractivity contribution in [2.24, 2.45) is 0 Å². The minimum Gasteiger partial charge on any atom is -1.00 e. The average Bonchev–Trinajstić information content (AvgIpc) is 2.94. The Labute approximate surface area is 139 Å². The minimum absolute atomic E-state index is 0. The fourth-order valence-electron chi connectivity index (χ4n) is 4.44. The molecule has 2 heterocycles. The van der Waals surface area contributed by atoms with Gasteiger partial charge in [-0.15, -0.1) is 0 Å². The predicted octanol–water partition coefficient (Wildman–Crippen LogP) is 1.54. The fourth-order valence-corrected chi connectivity index (χ4v) is 5.19. The first-order valence-electron chi connectivity index (χ1n) is 7.64. The quantitative estimate of drug-likeness (QED) is 0.530. The Morgan fingerprint density at radius 1 is 1.00 bits per heavy atom. The van der Waals surface area contributed by atoms with Gasteiger partial charge in [-0.05, 0) is 43.6 Å². The zero-order valence-electron chi connectivity index (χ0n) is 12.0. The molecule has 0 amide bonds. The van der Waals surface area contributed by atoms with Crippen molar-refractivity contribution in [3.05, 3.63) is 22.4 Å². The van der Waals surface area contributed by atoms with E-state index < -0.39 is 0 Å². The molecule has 108 valence electrons. The van der Waals surface area contributed by atoms with Gasteiger partial charge in [0, 0.05) is 23.8 Å². The van der Waals surface area contributed by atoms with Crippen LogP contribution >= 0.6 is 11.3 Å². The molecule has 0 unspecified atom stereocenters. The van der Waals surface area contributed by atoms with Crippen LogP contribution in [0.15, 0.2) is 16.8 Å². The maximum Gasteiger partial charge on any atom is 0.125 e. The second-order valence-electron chi connectivity index (χ2n) is 6.51. The van der Waals surface area contributed by atoms with Crippen molar-refractivity contribution in [1.82, 2.24) is 0 Å². The van der Waals surface area contributed by atoms with E-state index in [2.05, 4.69) is 23.9 Å². The molecule has 0 radical (unpaired) electrons. The summed E-state index contributed by atoms with van der Waals surface area (Å²) in [7, 11) is 2.54. The smallest absolute Gasteiger partial charge is 0.125 e. The van der Waals surface area contributed by atoms with Crippen molar-refractivity contribution in [2.75, 3.05) is 20.1 Å². The first kappa shape index (κ1) is 15.8. The highest BCUT2D eigenvalue weighted by Gasteiger charge is 2.50. The topological polar surface area (TPSA) is 0 Å². The van der Waals surface area contributed by atoms with Crippen molar-refractivity contribution in [2.45, 2.75) is 56.9 Å². The molecule has 1 saturated carbocycles. The number of quaternary nitrogens is 1. The van der Waals surface area contributed by atoms with E-state index >= 15 is 0 Å². The van der Waals surface area contributed by atoms with Crippen LogP contribution in [0.3, 0.4) is 0 Å². The van der Waals surface area contributed by atoms with Gasteiger partial charge < -0.3 is 28.5 Å². The molecule has 3 heteroatoms. The van der Waals surface area contributed by atoms with Gasteiger partial charge in [0.1, 0.15) is 5.54 Å². The van der Waals surface area contributed by atoms with E-state index in [9.17, 15) is 0 Å². The van der Waals surface area contributed by atoms with E-state index in [1.807, 2.05) is 11.3 Å². The van der Waals surface area contributed by atoms with Gasteiger partial charge in [-0.1, -0.05) is 6.42 Å². The van der Waals surface area contributed by atoms with Crippen LogP contribution in [0, 0.1) is 0 Å². The van der Waals surface area contributed by atoms with E-state index in [0.717, 1.165) is 0 Å². The predicted molar refractivity (Wildman–Crippen MR) is 78.9 cm³/mol. The molecule has 1 saturated heterocycles. The van der Waals surface area contributed by atoms with Crippen LogP contribution in [0.4, 0.5) is 0 Å². The molecule has 3 rings (SSSR count). The van der Waals surface area contributed by atoms with Gasteiger partial charge in [0.25, 0.3) is 0 Å². The molecule has 0 N–H and O–H groups in total. The van der Waals surface area contributed by atoms with E-state index in [-0.39, 0.29) is 24.0 Å². The van der Waals surface area contributed by atoms with E-state index in [1.54, 1.807) is 5.56 Å². The van der Waals surface area contributed by atoms with Crippen LogP contribution in [0.25, 0.3) is 0 Å². The lowest BCUT2D eigenvalue weighted by Gasteiger charge is -2.54. The van der Waals surface area contributed by atoms with Crippen molar-refractivity contribution < 1.29 is 28.5 Å². The number of hydrogen-bond acceptors (Lipinski definition) is 1. The van der Waals surface area contributed by atoms with Gasteiger partial charge in [-0.3, -0.25) is 0 Å². The van der Waals surface area contributed by atoms with Crippen molar-refractivity contribution >= 4 is 11.3 Å². The van der Waals surface area contributed by atoms with E-state index in [1.165, 1.54) is 68.9 Å². The Balaban J connectivity index is 0.00000133. The molecule has 2 fully saturated rings. The van der Waals surface area contributed by atoms with Gasteiger partial charge in [-0.25, -0.2) is 0 Å². The van der Waals surface area contributed by atoms with Crippen LogP contribution in [0.5, 0.6) is 0 Å². The summed E-state index contributed by atoms with van der Waals surface area (Å²) >= 11 is 1.88. The normalized spacial score (nSPS) is 25.5. The molecule has 2 aliphatic rings. The lowest BCUT2D eigenvalue weighted by molar-refractivity contribution is -0.973. The zero-order chi connectivity index (χ0) is 12.5. The van der Waals surface area contributed by atoms with Crippen LogP contribution in [-0.4, -0.2) is 24.6 Å². The first-order valence-corrected chi connectivity index (χ1v) is 8.59. The summed E-state index contributed by atoms with van der Waals surface area (Å²) in [4.78, 5) is 0. The zero-order valence-corrected chi connectivity index (χ0v) is 15.0. The summed E-state index contributed by atoms with van der Waals surface area (Å²) in [5.74, 6) is 0. The van der Waals surface area contributed by atoms with Gasteiger partial charge in [0.15, 0.2) is 0 Å². The molecule has 1 aromatic rings. The van der Waals surface area contributed by atoms with E-state index in [4.69, 9.17) is 0 Å². The third-order valence-corrected chi connectivity index (χ3v) is 6.26. The lowest BCUT2D eigenvalue weighted by atomic mass is 9.73. The Morgan fingerprint density at radius 3 is 2.21 bits per heavy atom. The second kappa shape index (κ2) is 6.44. The van der Waals surface area contributed by atoms with Crippen LogP contribution in [0.2, 0.25) is 0 Å². The number of nitrogens with zero attached hydrogens (tertiary/aromatic N) is 1. The second-order valence-corrected chi connectivity index (χ2v) is 7.29. The number of hydrogen-bond donors (Lipinski definition) is 0. The molecule has 0 bridgehead atoms. The highest BCUT2D eigenvalue weighted by Crippen LogP contribution is 2.48. The highest BCUT2D eigenvalue weighted by atomic mass is 127. The number of likely N-dealkylation sites (tertiary alicyclic amines) is 1. The summed E-state index contributed by atoms with van der Waals surface area (Å²) in [5, 5.41) is 4.71. The summed E-state index contributed by atoms with van der Waals surface area (Å²) in [6.07, 6.45) is 11.5. The van der Waals surface area contributed by atoms with Crippen LogP contribution in [-0.2, 0) is 5.54 Å². The standard InChI is InChI=1S/C16H26NS.HI/c1-17(11-6-3-7-12-17)16(9-4-2-5-10-16)15-8-13-18-14-15;/h8,13-14H,2-7,9-12H2,1H3;1H/q+1;/p-1. The van der Waals surface area contributed by atoms with Gasteiger partial charge >= 0.3 is 0 Å². The minimum atomic E-state index is 0. The molecule has 1 nitrogen and oxygen atoms in total. The number of piperidine rings is 1. The molecule has 0 aromatic carbocycles. The van der Waals surface area contributed by atoms with Gasteiger partial charge in [-0.2, -0.15) is 11.3 Å². The maximum absolute atomic E-state index is 2.54. The SMILES string of the molecule is C[N+]1(C2(c3ccsc3)CCCCC2)CCCCC1.[I-]. The Bertz CT molecular complexity index is 375. The van der Waals surface area contributed by atoms with Gasteiger partial charge in [0.2, 0.25) is 0 Å². The summed E-state index contributed by atoms with van der Waals surface area (Å²) in [5.41, 5.74) is 2.11. The van der Waals surface area contributed by atoms with Crippen molar-refractivity contribution in [3.8, 4) is 0 Å². The fraction of sp³-hybridized carbons (Fsp3) is 0.750. The largest absolute Gasteiger partial charge is 1.00 e. The summed E-state index contributed by atoms with van der Waals surface area (Å²) < 4.78 is 1.32. The third kappa shape index (κ3) is 2.75. The average molecular weight is 391 g/mol. The molecule has 19 heavy (non-hydrogen) atoms.